The van der Waals surface area contributed by atoms with E-state index in [9.17, 15) is 0 Å². The van der Waals surface area contributed by atoms with E-state index in [0.29, 0.717) is 6.04 Å². The minimum Gasteiger partial charge on any atom is -0.497 e. The molecule has 1 atom stereocenters. The summed E-state index contributed by atoms with van der Waals surface area (Å²) in [6.07, 6.45) is 6.47. The van der Waals surface area contributed by atoms with Gasteiger partial charge < -0.3 is 10.1 Å². The van der Waals surface area contributed by atoms with Gasteiger partial charge in [-0.3, -0.25) is 0 Å². The Kier molecular flexibility index (Phi) is 6.06. The van der Waals surface area contributed by atoms with Crippen LogP contribution in [0.2, 0.25) is 0 Å². The second-order valence-electron chi connectivity index (χ2n) is 5.66. The van der Waals surface area contributed by atoms with Crippen molar-refractivity contribution in [3.8, 4) is 5.75 Å². The van der Waals surface area contributed by atoms with Crippen LogP contribution in [0, 0.1) is 0 Å². The Bertz CT molecular complexity index is 564. The normalized spacial score (nSPS) is 12.5. The summed E-state index contributed by atoms with van der Waals surface area (Å²) in [7, 11) is 3.77. The number of benzene rings is 2. The molecule has 0 saturated heterocycles. The molecule has 0 amide bonds. The minimum atomic E-state index is 0.452. The third-order valence-electron chi connectivity index (χ3n) is 4.17. The van der Waals surface area contributed by atoms with E-state index < -0.39 is 0 Å². The molecule has 2 heteroatoms. The number of hydrogen-bond acceptors (Lipinski definition) is 2. The average Bonchev–Trinajstić information content (AvgIpc) is 2.54. The van der Waals surface area contributed by atoms with E-state index in [0.717, 1.165) is 5.75 Å². The lowest BCUT2D eigenvalue weighted by molar-refractivity contribution is 0.415. The van der Waals surface area contributed by atoms with Gasteiger partial charge in [-0.25, -0.2) is 0 Å². The Balaban J connectivity index is 2.12. The molecule has 0 aliphatic heterocycles. The average molecular weight is 285 g/mol. The van der Waals surface area contributed by atoms with Crippen molar-refractivity contribution in [2.75, 3.05) is 14.2 Å². The van der Waals surface area contributed by atoms with E-state index in [2.05, 4.69) is 49.6 Å². The highest BCUT2D eigenvalue weighted by Gasteiger charge is 2.09. The van der Waals surface area contributed by atoms with Gasteiger partial charge in [0, 0.05) is 6.04 Å². The first-order chi connectivity index (χ1) is 10.3. The highest BCUT2D eigenvalue weighted by Crippen LogP contribution is 2.26. The Morgan fingerprint density at radius 2 is 1.76 bits per heavy atom. The van der Waals surface area contributed by atoms with Gasteiger partial charge in [0.05, 0.1) is 7.11 Å². The van der Waals surface area contributed by atoms with Crippen molar-refractivity contribution in [1.29, 1.82) is 0 Å². The van der Waals surface area contributed by atoms with Crippen LogP contribution in [0.15, 0.2) is 36.4 Å². The summed E-state index contributed by atoms with van der Waals surface area (Å²) in [6, 6.07) is 13.5. The van der Waals surface area contributed by atoms with Crippen LogP contribution in [0.5, 0.6) is 5.75 Å². The molecule has 0 aliphatic carbocycles. The van der Waals surface area contributed by atoms with Gasteiger partial charge in [-0.05, 0) is 48.0 Å². The van der Waals surface area contributed by atoms with E-state index in [-0.39, 0.29) is 0 Å². The first-order valence-electron chi connectivity index (χ1n) is 8.03. The van der Waals surface area contributed by atoms with Crippen molar-refractivity contribution in [3.63, 3.8) is 0 Å². The molecule has 1 unspecified atom stereocenters. The maximum Gasteiger partial charge on any atom is 0.119 e. The third-order valence-corrected chi connectivity index (χ3v) is 4.17. The van der Waals surface area contributed by atoms with Gasteiger partial charge in [-0.15, -0.1) is 0 Å². The van der Waals surface area contributed by atoms with Crippen LogP contribution in [-0.2, 0) is 0 Å². The summed E-state index contributed by atoms with van der Waals surface area (Å²) in [5, 5.41) is 5.97. The third kappa shape index (κ3) is 4.21. The van der Waals surface area contributed by atoms with Crippen LogP contribution in [0.25, 0.3) is 10.8 Å². The fourth-order valence-electron chi connectivity index (χ4n) is 2.84. The van der Waals surface area contributed by atoms with E-state index in [1.165, 1.54) is 48.4 Å². The Morgan fingerprint density at radius 1 is 1.00 bits per heavy atom. The number of fused-ring (bicyclic) bond motifs is 1. The van der Waals surface area contributed by atoms with Gasteiger partial charge in [0.15, 0.2) is 0 Å². The first kappa shape index (κ1) is 15.8. The molecule has 0 bridgehead atoms. The zero-order chi connectivity index (χ0) is 15.1. The van der Waals surface area contributed by atoms with Crippen molar-refractivity contribution in [2.24, 2.45) is 0 Å². The van der Waals surface area contributed by atoms with Crippen LogP contribution >= 0.6 is 0 Å². The van der Waals surface area contributed by atoms with Crippen molar-refractivity contribution in [1.82, 2.24) is 5.32 Å². The summed E-state index contributed by atoms with van der Waals surface area (Å²) >= 11 is 0. The van der Waals surface area contributed by atoms with Crippen LogP contribution in [-0.4, -0.2) is 14.2 Å². The lowest BCUT2D eigenvalue weighted by Gasteiger charge is -2.17. The maximum absolute atomic E-state index is 5.28. The van der Waals surface area contributed by atoms with Gasteiger partial charge in [-0.1, -0.05) is 50.8 Å². The molecule has 0 radical (unpaired) electrons. The predicted octanol–water partition coefficient (Wildman–Crippen LogP) is 5.08. The largest absolute Gasteiger partial charge is 0.497 e. The SMILES string of the molecule is CCCCCCC(NC)c1ccc2cc(OC)ccc2c1. The Morgan fingerprint density at radius 3 is 2.48 bits per heavy atom. The van der Waals surface area contributed by atoms with Crippen LogP contribution in [0.1, 0.15) is 50.6 Å². The number of unbranched alkanes of at least 4 members (excludes halogenated alkanes) is 3. The van der Waals surface area contributed by atoms with Gasteiger partial charge in [0.25, 0.3) is 0 Å². The van der Waals surface area contributed by atoms with Crippen LogP contribution < -0.4 is 10.1 Å². The van der Waals surface area contributed by atoms with Crippen molar-refractivity contribution >= 4 is 10.8 Å². The zero-order valence-corrected chi connectivity index (χ0v) is 13.5. The maximum atomic E-state index is 5.28. The predicted molar refractivity (Wildman–Crippen MR) is 91.1 cm³/mol. The van der Waals surface area contributed by atoms with Gasteiger partial charge >= 0.3 is 0 Å². The highest BCUT2D eigenvalue weighted by atomic mass is 16.5. The molecule has 2 aromatic carbocycles. The molecular formula is C19H27NO. The number of hydrogen-bond donors (Lipinski definition) is 1. The van der Waals surface area contributed by atoms with Gasteiger partial charge in [-0.2, -0.15) is 0 Å². The second kappa shape index (κ2) is 8.04. The molecule has 2 nitrogen and oxygen atoms in total. The molecule has 0 spiro atoms. The number of nitrogens with one attached hydrogen (secondary N) is 1. The quantitative estimate of drug-likeness (QED) is 0.683. The second-order valence-corrected chi connectivity index (χ2v) is 5.66. The van der Waals surface area contributed by atoms with E-state index in [1.54, 1.807) is 7.11 Å². The molecular weight excluding hydrogens is 258 g/mol. The fourth-order valence-corrected chi connectivity index (χ4v) is 2.84. The number of rotatable bonds is 8. The van der Waals surface area contributed by atoms with E-state index in [1.807, 2.05) is 6.07 Å². The molecule has 2 aromatic rings. The number of ether oxygens (including phenoxy) is 1. The molecule has 0 heterocycles. The lowest BCUT2D eigenvalue weighted by atomic mass is 9.97. The Labute approximate surface area is 128 Å². The van der Waals surface area contributed by atoms with Crippen molar-refractivity contribution in [3.05, 3.63) is 42.0 Å². The molecule has 21 heavy (non-hydrogen) atoms. The molecule has 114 valence electrons. The van der Waals surface area contributed by atoms with Crippen molar-refractivity contribution in [2.45, 2.75) is 45.1 Å². The molecule has 1 N–H and O–H groups in total. The molecule has 2 rings (SSSR count). The van der Waals surface area contributed by atoms with Gasteiger partial charge in [0.2, 0.25) is 0 Å². The summed E-state index contributed by atoms with van der Waals surface area (Å²) in [6.45, 7) is 2.26. The fraction of sp³-hybridized carbons (Fsp3) is 0.474. The highest BCUT2D eigenvalue weighted by molar-refractivity contribution is 5.84. The smallest absolute Gasteiger partial charge is 0.119 e. The standard InChI is InChI=1S/C19H27NO/c1-4-5-6-7-8-19(20-2)17-10-9-16-14-18(21-3)12-11-15(16)13-17/h9-14,19-20H,4-8H2,1-3H3. The van der Waals surface area contributed by atoms with E-state index >= 15 is 0 Å². The Hall–Kier alpha value is -1.54. The topological polar surface area (TPSA) is 21.3 Å². The van der Waals surface area contributed by atoms with E-state index in [4.69, 9.17) is 4.74 Å². The monoisotopic (exact) mass is 285 g/mol. The van der Waals surface area contributed by atoms with Crippen LogP contribution in [0.4, 0.5) is 0 Å². The van der Waals surface area contributed by atoms with Gasteiger partial charge in [0.1, 0.15) is 5.75 Å². The zero-order valence-electron chi connectivity index (χ0n) is 13.5. The molecule has 0 fully saturated rings. The lowest BCUT2D eigenvalue weighted by Crippen LogP contribution is -2.16. The molecule has 0 saturated carbocycles. The summed E-state index contributed by atoms with van der Waals surface area (Å²) in [5.41, 5.74) is 1.38. The summed E-state index contributed by atoms with van der Waals surface area (Å²) in [4.78, 5) is 0. The molecule has 0 aromatic heterocycles. The summed E-state index contributed by atoms with van der Waals surface area (Å²) < 4.78 is 5.28. The number of methoxy groups -OCH3 is 1. The minimum absolute atomic E-state index is 0.452. The van der Waals surface area contributed by atoms with Crippen molar-refractivity contribution < 1.29 is 4.74 Å². The summed E-state index contributed by atoms with van der Waals surface area (Å²) in [5.74, 6) is 0.917. The molecule has 0 aliphatic rings. The first-order valence-corrected chi connectivity index (χ1v) is 8.03. The van der Waals surface area contributed by atoms with Crippen LogP contribution in [0.3, 0.4) is 0 Å².